The van der Waals surface area contributed by atoms with Crippen molar-refractivity contribution >= 4 is 0 Å². The molecule has 2 heterocycles. The van der Waals surface area contributed by atoms with Crippen LogP contribution in [0.5, 0.6) is 17.2 Å². The highest BCUT2D eigenvalue weighted by Crippen LogP contribution is 2.37. The molecule has 2 aromatic heterocycles. The van der Waals surface area contributed by atoms with E-state index in [4.69, 9.17) is 19.3 Å². The van der Waals surface area contributed by atoms with Crippen molar-refractivity contribution < 1.29 is 27.4 Å². The predicted octanol–water partition coefficient (Wildman–Crippen LogP) is 7.02. The Kier molecular flexibility index (Phi) is 7.17. The molecule has 0 radical (unpaired) electrons. The van der Waals surface area contributed by atoms with Crippen LogP contribution in [0.2, 0.25) is 0 Å². The standard InChI is InChI=1S/C30H25F3N4O3/c1-18-27(20-9-6-12-23(15-20)39-3)36-37(28(18)21-10-7-13-24(16-21)40-4)29-34-25(17-26(35-29)30(31,32)33)19-8-5-11-22(14-19)38-2/h5-17H,1-4H3. The number of benzene rings is 3. The van der Waals surface area contributed by atoms with Crippen LogP contribution in [0.4, 0.5) is 13.2 Å². The summed E-state index contributed by atoms with van der Waals surface area (Å²) >= 11 is 0. The van der Waals surface area contributed by atoms with Crippen molar-refractivity contribution in [1.82, 2.24) is 19.7 Å². The Bertz CT molecular complexity index is 1680. The van der Waals surface area contributed by atoms with Crippen molar-refractivity contribution in [2.24, 2.45) is 0 Å². The van der Waals surface area contributed by atoms with Gasteiger partial charge in [-0.15, -0.1) is 0 Å². The van der Waals surface area contributed by atoms with Gasteiger partial charge < -0.3 is 14.2 Å². The van der Waals surface area contributed by atoms with E-state index in [1.165, 1.54) is 11.8 Å². The normalized spacial score (nSPS) is 11.4. The summed E-state index contributed by atoms with van der Waals surface area (Å²) in [5.74, 6) is 1.45. The second-order valence-corrected chi connectivity index (χ2v) is 8.87. The van der Waals surface area contributed by atoms with Crippen molar-refractivity contribution in [2.75, 3.05) is 21.3 Å². The smallest absolute Gasteiger partial charge is 0.433 e. The molecule has 40 heavy (non-hydrogen) atoms. The van der Waals surface area contributed by atoms with Crippen LogP contribution in [0.25, 0.3) is 39.7 Å². The number of aromatic nitrogens is 4. The first kappa shape index (κ1) is 26.7. The molecule has 0 unspecified atom stereocenters. The van der Waals surface area contributed by atoms with Gasteiger partial charge in [-0.1, -0.05) is 36.4 Å². The zero-order valence-electron chi connectivity index (χ0n) is 22.2. The first-order valence-electron chi connectivity index (χ1n) is 12.2. The average molecular weight is 547 g/mol. The molecule has 5 aromatic rings. The highest BCUT2D eigenvalue weighted by Gasteiger charge is 2.34. The van der Waals surface area contributed by atoms with Crippen LogP contribution in [0.1, 0.15) is 11.3 Å². The largest absolute Gasteiger partial charge is 0.497 e. The quantitative estimate of drug-likeness (QED) is 0.219. The number of alkyl halides is 3. The lowest BCUT2D eigenvalue weighted by molar-refractivity contribution is -0.141. The zero-order valence-corrected chi connectivity index (χ0v) is 22.2. The van der Waals surface area contributed by atoms with Crippen LogP contribution in [0.3, 0.4) is 0 Å². The maximum Gasteiger partial charge on any atom is 0.433 e. The summed E-state index contributed by atoms with van der Waals surface area (Å²) in [6.07, 6.45) is -4.72. The highest BCUT2D eigenvalue weighted by atomic mass is 19.4. The van der Waals surface area contributed by atoms with E-state index in [-0.39, 0.29) is 11.6 Å². The van der Waals surface area contributed by atoms with Gasteiger partial charge in [-0.25, -0.2) is 9.97 Å². The minimum atomic E-state index is -4.72. The molecule has 7 nitrogen and oxygen atoms in total. The molecule has 0 saturated carbocycles. The van der Waals surface area contributed by atoms with E-state index in [1.807, 2.05) is 31.2 Å². The number of halogens is 3. The Morgan fingerprint density at radius 1 is 0.675 bits per heavy atom. The third-order valence-electron chi connectivity index (χ3n) is 6.37. The molecule has 0 bridgehead atoms. The predicted molar refractivity (Wildman–Crippen MR) is 145 cm³/mol. The van der Waals surface area contributed by atoms with Gasteiger partial charge in [0.05, 0.1) is 38.4 Å². The number of nitrogens with zero attached hydrogens (tertiary/aromatic N) is 4. The molecule has 0 aliphatic carbocycles. The molecule has 0 saturated heterocycles. The van der Waals surface area contributed by atoms with Gasteiger partial charge in [0.1, 0.15) is 17.2 Å². The summed E-state index contributed by atoms with van der Waals surface area (Å²) < 4.78 is 59.7. The zero-order chi connectivity index (χ0) is 28.4. The molecule has 3 aromatic carbocycles. The second kappa shape index (κ2) is 10.7. The molecule has 0 amide bonds. The van der Waals surface area contributed by atoms with Crippen molar-refractivity contribution in [3.8, 4) is 57.0 Å². The van der Waals surface area contributed by atoms with E-state index in [9.17, 15) is 13.2 Å². The Hall–Kier alpha value is -4.86. The van der Waals surface area contributed by atoms with Gasteiger partial charge >= 0.3 is 6.18 Å². The fourth-order valence-electron chi connectivity index (χ4n) is 4.40. The van der Waals surface area contributed by atoms with Crippen LogP contribution in [0.15, 0.2) is 78.9 Å². The third kappa shape index (κ3) is 5.20. The minimum Gasteiger partial charge on any atom is -0.497 e. The molecule has 0 aliphatic heterocycles. The van der Waals surface area contributed by atoms with E-state index in [0.29, 0.717) is 45.3 Å². The van der Waals surface area contributed by atoms with E-state index in [2.05, 4.69) is 9.97 Å². The molecule has 0 atom stereocenters. The first-order chi connectivity index (χ1) is 19.2. The topological polar surface area (TPSA) is 71.3 Å². The van der Waals surface area contributed by atoms with Crippen molar-refractivity contribution in [3.63, 3.8) is 0 Å². The average Bonchev–Trinajstić information content (AvgIpc) is 3.33. The van der Waals surface area contributed by atoms with Gasteiger partial charge in [0.25, 0.3) is 5.95 Å². The Morgan fingerprint density at radius 2 is 1.20 bits per heavy atom. The summed E-state index contributed by atoms with van der Waals surface area (Å²) in [7, 11) is 4.59. The van der Waals surface area contributed by atoms with E-state index in [1.54, 1.807) is 62.8 Å². The summed E-state index contributed by atoms with van der Waals surface area (Å²) in [4.78, 5) is 8.48. The van der Waals surface area contributed by atoms with Crippen molar-refractivity contribution in [1.29, 1.82) is 0 Å². The third-order valence-corrected chi connectivity index (χ3v) is 6.37. The molecule has 0 aliphatic rings. The molecule has 0 N–H and O–H groups in total. The number of hydrogen-bond acceptors (Lipinski definition) is 6. The Morgan fingerprint density at radius 3 is 1.77 bits per heavy atom. The molecular weight excluding hydrogens is 521 g/mol. The first-order valence-corrected chi connectivity index (χ1v) is 12.2. The van der Waals surface area contributed by atoms with Crippen LogP contribution in [-0.2, 0) is 6.18 Å². The Labute approximate surface area is 228 Å². The number of hydrogen-bond donors (Lipinski definition) is 0. The fourth-order valence-corrected chi connectivity index (χ4v) is 4.40. The lowest BCUT2D eigenvalue weighted by Crippen LogP contribution is -2.14. The summed E-state index contributed by atoms with van der Waals surface area (Å²) in [6, 6.07) is 22.1. The molecule has 0 spiro atoms. The molecule has 10 heteroatoms. The SMILES string of the molecule is COc1cccc(-c2cc(C(F)(F)F)nc(-n3nc(-c4cccc(OC)c4)c(C)c3-c3cccc(OC)c3)n2)c1. The number of ether oxygens (including phenoxy) is 3. The van der Waals surface area contributed by atoms with Crippen LogP contribution < -0.4 is 14.2 Å². The molecule has 5 rings (SSSR count). The van der Waals surface area contributed by atoms with E-state index < -0.39 is 11.9 Å². The summed E-state index contributed by atoms with van der Waals surface area (Å²) in [6.45, 7) is 1.85. The van der Waals surface area contributed by atoms with Gasteiger partial charge in [-0.2, -0.15) is 23.0 Å². The summed E-state index contributed by atoms with van der Waals surface area (Å²) in [5, 5.41) is 4.75. The maximum absolute atomic E-state index is 14.1. The van der Waals surface area contributed by atoms with Crippen molar-refractivity contribution in [2.45, 2.75) is 13.1 Å². The van der Waals surface area contributed by atoms with Gasteiger partial charge in [-0.05, 0) is 49.4 Å². The maximum atomic E-state index is 14.1. The summed E-state index contributed by atoms with van der Waals surface area (Å²) in [5.41, 5.74) is 2.58. The second-order valence-electron chi connectivity index (χ2n) is 8.87. The molecule has 204 valence electrons. The van der Waals surface area contributed by atoms with Gasteiger partial charge in [0, 0.05) is 22.3 Å². The fraction of sp³-hybridized carbons (Fsp3) is 0.167. The van der Waals surface area contributed by atoms with Crippen LogP contribution in [-0.4, -0.2) is 41.1 Å². The molecular formula is C30H25F3N4O3. The molecule has 0 fully saturated rings. The minimum absolute atomic E-state index is 0.0731. The van der Waals surface area contributed by atoms with Crippen molar-refractivity contribution in [3.05, 3.63) is 90.1 Å². The Balaban J connectivity index is 1.80. The lowest BCUT2D eigenvalue weighted by atomic mass is 10.0. The highest BCUT2D eigenvalue weighted by molar-refractivity contribution is 5.76. The van der Waals surface area contributed by atoms with Crippen LogP contribution in [0, 0.1) is 6.92 Å². The van der Waals surface area contributed by atoms with Crippen LogP contribution >= 0.6 is 0 Å². The lowest BCUT2D eigenvalue weighted by Gasteiger charge is -2.13. The number of rotatable bonds is 7. The van der Waals surface area contributed by atoms with Gasteiger partial charge in [0.2, 0.25) is 0 Å². The van der Waals surface area contributed by atoms with Gasteiger partial charge in [0.15, 0.2) is 5.69 Å². The van der Waals surface area contributed by atoms with Gasteiger partial charge in [-0.3, -0.25) is 0 Å². The monoisotopic (exact) mass is 546 g/mol. The van der Waals surface area contributed by atoms with E-state index >= 15 is 0 Å². The van der Waals surface area contributed by atoms with E-state index in [0.717, 1.165) is 11.6 Å². The number of methoxy groups -OCH3 is 3.